The molecule has 6 aromatic carbocycles. The number of nitrogens with zero attached hydrogens (tertiary/aromatic N) is 2. The maximum absolute atomic E-state index is 7.53. The van der Waals surface area contributed by atoms with Crippen molar-refractivity contribution in [2.75, 3.05) is 51.1 Å². The summed E-state index contributed by atoms with van der Waals surface area (Å²) in [5.41, 5.74) is 7.94. The smallest absolute Gasteiger partial charge is 0.231 e. The van der Waals surface area contributed by atoms with Crippen LogP contribution >= 0.6 is 0 Å². The Bertz CT molecular complexity index is 2380. The van der Waals surface area contributed by atoms with E-state index < -0.39 is 12.5 Å². The average Bonchev–Trinajstić information content (AvgIpc) is 3.98. The molecule has 51 heavy (non-hydrogen) atoms. The van der Waals surface area contributed by atoms with Gasteiger partial charge in [0.2, 0.25) is 27.2 Å². The second-order valence-corrected chi connectivity index (χ2v) is 13.4. The first-order valence-corrected chi connectivity index (χ1v) is 16.8. The zero-order valence-electron chi connectivity index (χ0n) is 27.5. The molecule has 0 spiro atoms. The van der Waals surface area contributed by atoms with Gasteiger partial charge in [0.05, 0.1) is 22.5 Å². The van der Waals surface area contributed by atoms with Crippen LogP contribution in [0.2, 0.25) is 0 Å². The van der Waals surface area contributed by atoms with Crippen molar-refractivity contribution in [1.82, 2.24) is 0 Å². The van der Waals surface area contributed by atoms with E-state index in [-0.39, 0.29) is 27.2 Å². The third kappa shape index (κ3) is 3.60. The summed E-state index contributed by atoms with van der Waals surface area (Å²) in [5.74, 6) is 5.64. The van der Waals surface area contributed by atoms with E-state index in [1.807, 2.05) is 24.3 Å². The molecule has 6 aliphatic heterocycles. The second-order valence-electron chi connectivity index (χ2n) is 13.4. The van der Waals surface area contributed by atoms with Gasteiger partial charge in [0, 0.05) is 36.0 Å². The molecule has 6 aromatic rings. The third-order valence-electron chi connectivity index (χ3n) is 10.9. The topological polar surface area (TPSA) is 89.6 Å². The van der Waals surface area contributed by atoms with Crippen LogP contribution in [0.4, 0.5) is 11.4 Å². The van der Waals surface area contributed by atoms with Gasteiger partial charge >= 0.3 is 0 Å². The molecule has 0 saturated carbocycles. The minimum Gasteiger partial charge on any atom is -0.454 e. The molecular formula is C40H28N2O9. The van der Waals surface area contributed by atoms with Crippen molar-refractivity contribution in [3.05, 3.63) is 83.9 Å². The second kappa shape index (κ2) is 9.73. The minimum absolute atomic E-state index is 0.136. The predicted octanol–water partition coefficient (Wildman–Crippen LogP) is 7.86. The molecule has 0 unspecified atom stereocenters. The summed E-state index contributed by atoms with van der Waals surface area (Å²) >= 11 is 0. The van der Waals surface area contributed by atoms with E-state index >= 15 is 0 Å². The van der Waals surface area contributed by atoms with Gasteiger partial charge in [0.25, 0.3) is 0 Å². The summed E-state index contributed by atoms with van der Waals surface area (Å²) < 4.78 is 54.9. The number of fused-ring (bicyclic) bond motifs is 16. The lowest BCUT2D eigenvalue weighted by molar-refractivity contribution is -0.0164. The highest BCUT2D eigenvalue weighted by Gasteiger charge is 2.43. The normalized spacial score (nSPS) is 19.3. The maximum atomic E-state index is 7.53. The fourth-order valence-electron chi connectivity index (χ4n) is 8.60. The van der Waals surface area contributed by atoms with Gasteiger partial charge in [0.15, 0.2) is 58.5 Å². The Balaban J connectivity index is 1.09. The lowest BCUT2D eigenvalue weighted by atomic mass is 9.87. The number of hydrogen-bond acceptors (Lipinski definition) is 11. The zero-order valence-corrected chi connectivity index (χ0v) is 27.5. The van der Waals surface area contributed by atoms with Crippen molar-refractivity contribution in [2.24, 2.45) is 0 Å². The zero-order chi connectivity index (χ0) is 33.5. The molecule has 6 aliphatic rings. The number of ether oxygens (including phenoxy) is 9. The molecule has 11 heteroatoms. The molecule has 2 atom stereocenters. The van der Waals surface area contributed by atoms with Gasteiger partial charge in [-0.25, -0.2) is 0 Å². The van der Waals surface area contributed by atoms with E-state index in [4.69, 9.17) is 42.6 Å². The molecule has 0 amide bonds. The van der Waals surface area contributed by atoms with E-state index in [9.17, 15) is 0 Å². The van der Waals surface area contributed by atoms with E-state index in [0.29, 0.717) is 23.0 Å². The number of benzene rings is 6. The highest BCUT2D eigenvalue weighted by Crippen LogP contribution is 2.59. The molecule has 0 radical (unpaired) electrons. The van der Waals surface area contributed by atoms with E-state index in [0.717, 1.165) is 89.3 Å². The molecule has 0 saturated heterocycles. The average molecular weight is 681 g/mol. The van der Waals surface area contributed by atoms with Crippen LogP contribution in [0, 0.1) is 0 Å². The number of hydrogen-bond donors (Lipinski definition) is 0. The standard InChI is InChI=1S/C40H28N2O9/c1-41-35-23(5-3-19-11-29-31(13-25(19)35)47-15-45-29)21-7-9-27-37(49-17-43-27)33(21)39(41)51-40-34-22(8-10-28-38(34)50-18-44-28)24-6-4-20-12-30-32(48-16-46-30)14-26(20)36(24)42(40)2/h3-14,39-40H,15-18H2,1-2H3/t39-,40-/m0/s1. The SMILES string of the molecule is CN1c2c(ccc3cc4c(cc23)OCO4)-c2ccc3c(c2[C@@H]1O[C@H]1c2c(ccc4c2OCO4)-c2ccc4cc5c(cc4c2N1C)OCO5)OCO3. The molecule has 6 heterocycles. The summed E-state index contributed by atoms with van der Waals surface area (Å²) in [6.45, 7) is 0.667. The summed E-state index contributed by atoms with van der Waals surface area (Å²) in [4.78, 5) is 4.38. The van der Waals surface area contributed by atoms with Gasteiger partial charge in [-0.15, -0.1) is 0 Å². The van der Waals surface area contributed by atoms with Crippen molar-refractivity contribution in [2.45, 2.75) is 12.5 Å². The van der Waals surface area contributed by atoms with Gasteiger partial charge in [0.1, 0.15) is 0 Å². The maximum Gasteiger partial charge on any atom is 0.231 e. The molecular weight excluding hydrogens is 652 g/mol. The Morgan fingerprint density at radius 2 is 0.843 bits per heavy atom. The Morgan fingerprint density at radius 3 is 1.31 bits per heavy atom. The lowest BCUT2D eigenvalue weighted by Gasteiger charge is -2.44. The highest BCUT2D eigenvalue weighted by molar-refractivity contribution is 6.07. The van der Waals surface area contributed by atoms with Gasteiger partial charge in [-0.05, 0) is 70.4 Å². The lowest BCUT2D eigenvalue weighted by Crippen LogP contribution is -2.37. The van der Waals surface area contributed by atoms with Gasteiger partial charge in [-0.2, -0.15) is 0 Å². The van der Waals surface area contributed by atoms with Crippen LogP contribution in [0.1, 0.15) is 23.6 Å². The molecule has 0 bridgehead atoms. The van der Waals surface area contributed by atoms with Crippen LogP contribution in [0.25, 0.3) is 43.8 Å². The molecule has 11 nitrogen and oxygen atoms in total. The minimum atomic E-state index is -0.615. The van der Waals surface area contributed by atoms with Crippen molar-refractivity contribution in [3.8, 4) is 68.2 Å². The van der Waals surface area contributed by atoms with Crippen molar-refractivity contribution in [3.63, 3.8) is 0 Å². The van der Waals surface area contributed by atoms with Gasteiger partial charge < -0.3 is 52.4 Å². The predicted molar refractivity (Wildman–Crippen MR) is 187 cm³/mol. The molecule has 0 fully saturated rings. The molecule has 0 aromatic heterocycles. The van der Waals surface area contributed by atoms with Crippen LogP contribution in [-0.4, -0.2) is 41.3 Å². The summed E-state index contributed by atoms with van der Waals surface area (Å²) in [7, 11) is 4.13. The Morgan fingerprint density at radius 1 is 0.451 bits per heavy atom. The van der Waals surface area contributed by atoms with Crippen LogP contribution < -0.4 is 47.7 Å². The first-order valence-electron chi connectivity index (χ1n) is 16.8. The van der Waals surface area contributed by atoms with Crippen LogP contribution in [-0.2, 0) is 4.74 Å². The Labute approximate surface area is 290 Å². The third-order valence-corrected chi connectivity index (χ3v) is 10.9. The monoisotopic (exact) mass is 680 g/mol. The summed E-state index contributed by atoms with van der Waals surface area (Å²) in [6.07, 6.45) is -1.23. The van der Waals surface area contributed by atoms with E-state index in [2.05, 4.69) is 72.4 Å². The fraction of sp³-hybridized carbons (Fsp3) is 0.200. The first kappa shape index (κ1) is 27.6. The van der Waals surface area contributed by atoms with E-state index in [1.54, 1.807) is 0 Å². The number of rotatable bonds is 2. The molecule has 12 rings (SSSR count). The van der Waals surface area contributed by atoms with Gasteiger partial charge in [-0.3, -0.25) is 0 Å². The molecule has 0 aliphatic carbocycles. The molecule has 0 N–H and O–H groups in total. The highest BCUT2D eigenvalue weighted by atomic mass is 16.7. The van der Waals surface area contributed by atoms with Crippen molar-refractivity contribution in [1.29, 1.82) is 0 Å². The van der Waals surface area contributed by atoms with Gasteiger partial charge in [-0.1, -0.05) is 24.3 Å². The Kier molecular flexibility index (Phi) is 5.27. The first-order chi connectivity index (χ1) is 25.1. The fourth-order valence-corrected chi connectivity index (χ4v) is 8.60. The largest absolute Gasteiger partial charge is 0.454 e. The molecule has 252 valence electrons. The number of anilines is 2. The summed E-state index contributed by atoms with van der Waals surface area (Å²) in [6, 6.07) is 24.9. The van der Waals surface area contributed by atoms with Crippen LogP contribution in [0.5, 0.6) is 46.0 Å². The summed E-state index contributed by atoms with van der Waals surface area (Å²) in [5, 5.41) is 4.13. The Hall–Kier alpha value is -6.20. The quantitative estimate of drug-likeness (QED) is 0.179. The van der Waals surface area contributed by atoms with Crippen LogP contribution in [0.3, 0.4) is 0 Å². The van der Waals surface area contributed by atoms with Crippen LogP contribution in [0.15, 0.2) is 72.8 Å². The van der Waals surface area contributed by atoms with E-state index in [1.165, 1.54) is 0 Å². The van der Waals surface area contributed by atoms with Crippen molar-refractivity contribution >= 4 is 32.9 Å². The van der Waals surface area contributed by atoms with Crippen molar-refractivity contribution < 1.29 is 42.6 Å².